The van der Waals surface area contributed by atoms with Crippen LogP contribution in [0.1, 0.15) is 50.9 Å². The van der Waals surface area contributed by atoms with E-state index in [4.69, 9.17) is 0 Å². The summed E-state index contributed by atoms with van der Waals surface area (Å²) in [7, 11) is 0. The van der Waals surface area contributed by atoms with Crippen LogP contribution < -0.4 is 0 Å². The van der Waals surface area contributed by atoms with Crippen molar-refractivity contribution >= 4 is 0 Å². The Bertz CT molecular complexity index is 342. The fourth-order valence-corrected chi connectivity index (χ4v) is 1.47. The first kappa shape index (κ1) is 13.0. The molecule has 6 heteroatoms. The first-order chi connectivity index (χ1) is 7.38. The van der Waals surface area contributed by atoms with Crippen molar-refractivity contribution in [3.63, 3.8) is 0 Å². The third kappa shape index (κ3) is 2.74. The number of hydrogen-bond donors (Lipinski definition) is 0. The molecule has 0 aromatic carbocycles. The summed E-state index contributed by atoms with van der Waals surface area (Å²) in [5.74, 6) is -0.271. The van der Waals surface area contributed by atoms with Crippen molar-refractivity contribution in [2.75, 3.05) is 0 Å². The zero-order valence-corrected chi connectivity index (χ0v) is 9.67. The highest BCUT2D eigenvalue weighted by Gasteiger charge is 2.39. The third-order valence-electron chi connectivity index (χ3n) is 2.30. The van der Waals surface area contributed by atoms with Gasteiger partial charge in [-0.2, -0.15) is 13.2 Å². The van der Waals surface area contributed by atoms with Gasteiger partial charge in [-0.3, -0.25) is 0 Å². The second kappa shape index (κ2) is 4.84. The minimum atomic E-state index is -4.38. The Hall–Kier alpha value is -1.07. The van der Waals surface area contributed by atoms with Crippen LogP contribution in [-0.4, -0.2) is 15.0 Å². The topological polar surface area (TPSA) is 30.7 Å². The zero-order chi connectivity index (χ0) is 12.3. The van der Waals surface area contributed by atoms with Crippen LogP contribution >= 0.6 is 0 Å². The lowest BCUT2D eigenvalue weighted by atomic mass is 10.1. The minimum Gasteiger partial charge on any atom is -0.240 e. The van der Waals surface area contributed by atoms with Gasteiger partial charge in [0.05, 0.1) is 5.69 Å². The molecule has 1 aromatic rings. The Morgan fingerprint density at radius 2 is 1.94 bits per heavy atom. The lowest BCUT2D eigenvalue weighted by molar-refractivity contribution is -0.145. The van der Waals surface area contributed by atoms with Gasteiger partial charge in [-0.15, -0.1) is 5.10 Å². The molecular weight excluding hydrogens is 219 g/mol. The summed E-state index contributed by atoms with van der Waals surface area (Å²) >= 11 is 0. The Kier molecular flexibility index (Phi) is 3.93. The summed E-state index contributed by atoms with van der Waals surface area (Å²) in [5, 5.41) is 7.22. The van der Waals surface area contributed by atoms with E-state index in [9.17, 15) is 13.2 Å². The van der Waals surface area contributed by atoms with Gasteiger partial charge in [-0.25, -0.2) is 4.68 Å². The molecular formula is C10H16F3N3. The Labute approximate surface area is 92.6 Å². The molecule has 0 atom stereocenters. The van der Waals surface area contributed by atoms with Crippen molar-refractivity contribution in [3.05, 3.63) is 11.4 Å². The van der Waals surface area contributed by atoms with Crippen LogP contribution in [0.3, 0.4) is 0 Å². The van der Waals surface area contributed by atoms with Gasteiger partial charge in [0.25, 0.3) is 0 Å². The third-order valence-corrected chi connectivity index (χ3v) is 2.30. The standard InChI is InChI=1S/C10H16F3N3/c1-4-5-6-16-9(10(11,12)13)8(7(2)3)14-15-16/h7H,4-6H2,1-3H3. The quantitative estimate of drug-likeness (QED) is 0.802. The van der Waals surface area contributed by atoms with E-state index in [0.717, 1.165) is 11.1 Å². The van der Waals surface area contributed by atoms with Crippen LogP contribution in [0.2, 0.25) is 0 Å². The number of hydrogen-bond acceptors (Lipinski definition) is 2. The van der Waals surface area contributed by atoms with Crippen molar-refractivity contribution < 1.29 is 13.2 Å². The number of rotatable bonds is 4. The molecule has 0 bridgehead atoms. The van der Waals surface area contributed by atoms with Gasteiger partial charge in [0, 0.05) is 6.54 Å². The SMILES string of the molecule is CCCCn1nnc(C(C)C)c1C(F)(F)F. The smallest absolute Gasteiger partial charge is 0.240 e. The molecule has 0 aliphatic carbocycles. The van der Waals surface area contributed by atoms with Gasteiger partial charge in [-0.1, -0.05) is 32.4 Å². The molecule has 1 aromatic heterocycles. The fourth-order valence-electron chi connectivity index (χ4n) is 1.47. The van der Waals surface area contributed by atoms with E-state index >= 15 is 0 Å². The van der Waals surface area contributed by atoms with Gasteiger partial charge < -0.3 is 0 Å². The summed E-state index contributed by atoms with van der Waals surface area (Å²) in [4.78, 5) is 0. The maximum atomic E-state index is 12.8. The molecule has 0 radical (unpaired) electrons. The van der Waals surface area contributed by atoms with Crippen LogP contribution in [0.15, 0.2) is 0 Å². The molecule has 0 saturated heterocycles. The molecule has 0 aliphatic heterocycles. The Balaban J connectivity index is 3.10. The molecule has 0 spiro atoms. The highest BCUT2D eigenvalue weighted by Crippen LogP contribution is 2.33. The molecule has 92 valence electrons. The first-order valence-corrected chi connectivity index (χ1v) is 5.38. The van der Waals surface area contributed by atoms with E-state index in [0.29, 0.717) is 6.42 Å². The van der Waals surface area contributed by atoms with Crippen LogP contribution in [0.5, 0.6) is 0 Å². The minimum absolute atomic E-state index is 0.0311. The fraction of sp³-hybridized carbons (Fsp3) is 0.800. The monoisotopic (exact) mass is 235 g/mol. The predicted octanol–water partition coefficient (Wildman–Crippen LogP) is 3.22. The molecule has 0 aliphatic rings. The predicted molar refractivity (Wildman–Crippen MR) is 54.0 cm³/mol. The molecule has 0 N–H and O–H groups in total. The average Bonchev–Trinajstić information content (AvgIpc) is 2.57. The Morgan fingerprint density at radius 1 is 1.31 bits per heavy atom. The maximum Gasteiger partial charge on any atom is 0.434 e. The molecule has 3 nitrogen and oxygen atoms in total. The highest BCUT2D eigenvalue weighted by atomic mass is 19.4. The maximum absolute atomic E-state index is 12.8. The number of aromatic nitrogens is 3. The number of nitrogens with zero attached hydrogens (tertiary/aromatic N) is 3. The van der Waals surface area contributed by atoms with E-state index in [1.165, 1.54) is 0 Å². The second-order valence-corrected chi connectivity index (χ2v) is 4.05. The van der Waals surface area contributed by atoms with Crippen LogP contribution in [-0.2, 0) is 12.7 Å². The molecule has 1 rings (SSSR count). The van der Waals surface area contributed by atoms with Gasteiger partial charge in [0.2, 0.25) is 0 Å². The van der Waals surface area contributed by atoms with Crippen LogP contribution in [0.4, 0.5) is 13.2 Å². The number of unbranched alkanes of at least 4 members (excludes halogenated alkanes) is 1. The molecule has 0 unspecified atom stereocenters. The zero-order valence-electron chi connectivity index (χ0n) is 9.67. The summed E-state index contributed by atoms with van der Waals surface area (Å²) in [6.45, 7) is 5.56. The first-order valence-electron chi connectivity index (χ1n) is 5.38. The largest absolute Gasteiger partial charge is 0.434 e. The average molecular weight is 235 g/mol. The van der Waals surface area contributed by atoms with Crippen molar-refractivity contribution in [1.82, 2.24) is 15.0 Å². The lowest BCUT2D eigenvalue weighted by Gasteiger charge is -2.12. The summed E-state index contributed by atoms with van der Waals surface area (Å²) in [5.41, 5.74) is -0.667. The molecule has 1 heterocycles. The van der Waals surface area contributed by atoms with Crippen molar-refractivity contribution in [2.24, 2.45) is 0 Å². The summed E-state index contributed by atoms with van der Waals surface area (Å²) in [6.07, 6.45) is -2.88. The second-order valence-electron chi connectivity index (χ2n) is 4.05. The van der Waals surface area contributed by atoms with Crippen molar-refractivity contribution in [2.45, 2.75) is 52.3 Å². The molecule has 0 saturated carbocycles. The number of alkyl halides is 3. The van der Waals surface area contributed by atoms with E-state index in [1.54, 1.807) is 13.8 Å². The molecule has 0 fully saturated rings. The van der Waals surface area contributed by atoms with Crippen molar-refractivity contribution in [3.8, 4) is 0 Å². The van der Waals surface area contributed by atoms with Crippen LogP contribution in [0.25, 0.3) is 0 Å². The van der Waals surface area contributed by atoms with E-state index < -0.39 is 11.9 Å². The van der Waals surface area contributed by atoms with Gasteiger partial charge in [-0.05, 0) is 12.3 Å². The highest BCUT2D eigenvalue weighted by molar-refractivity contribution is 5.17. The van der Waals surface area contributed by atoms with E-state index in [-0.39, 0.29) is 18.2 Å². The number of halogens is 3. The normalized spacial score (nSPS) is 12.4. The van der Waals surface area contributed by atoms with Gasteiger partial charge >= 0.3 is 6.18 Å². The summed E-state index contributed by atoms with van der Waals surface area (Å²) in [6, 6.07) is 0. The van der Waals surface area contributed by atoms with Gasteiger partial charge in [0.15, 0.2) is 5.69 Å². The van der Waals surface area contributed by atoms with E-state index in [1.807, 2.05) is 6.92 Å². The number of aryl methyl sites for hydroxylation is 1. The van der Waals surface area contributed by atoms with E-state index in [2.05, 4.69) is 10.3 Å². The molecule has 0 amide bonds. The summed E-state index contributed by atoms with van der Waals surface area (Å²) < 4.78 is 39.5. The van der Waals surface area contributed by atoms with Crippen LogP contribution in [0, 0.1) is 0 Å². The van der Waals surface area contributed by atoms with Crippen molar-refractivity contribution in [1.29, 1.82) is 0 Å². The lowest BCUT2D eigenvalue weighted by Crippen LogP contribution is -2.17. The molecule has 16 heavy (non-hydrogen) atoms. The Morgan fingerprint density at radius 3 is 2.38 bits per heavy atom. The van der Waals surface area contributed by atoms with Gasteiger partial charge in [0.1, 0.15) is 0 Å².